The molecule has 4 rings (SSSR count). The van der Waals surface area contributed by atoms with Crippen LogP contribution in [-0.2, 0) is 6.61 Å². The third-order valence-electron chi connectivity index (χ3n) is 4.48. The Morgan fingerprint density at radius 1 is 1.11 bits per heavy atom. The fourth-order valence-corrected chi connectivity index (χ4v) is 3.18. The lowest BCUT2D eigenvalue weighted by atomic mass is 10.1. The lowest BCUT2D eigenvalue weighted by Crippen LogP contribution is -2.24. The van der Waals surface area contributed by atoms with Crippen molar-refractivity contribution in [1.29, 1.82) is 0 Å². The molecule has 2 aromatic heterocycles. The molecular formula is C19H15N3O6. The van der Waals surface area contributed by atoms with E-state index in [-0.39, 0.29) is 23.6 Å². The van der Waals surface area contributed by atoms with E-state index >= 15 is 0 Å². The van der Waals surface area contributed by atoms with Crippen molar-refractivity contribution in [3.8, 4) is 22.8 Å². The second-order valence-electron chi connectivity index (χ2n) is 6.08. The second-order valence-corrected chi connectivity index (χ2v) is 6.08. The maximum absolute atomic E-state index is 12.6. The third-order valence-corrected chi connectivity index (χ3v) is 4.48. The minimum absolute atomic E-state index is 0.0359. The number of rotatable bonds is 4. The van der Waals surface area contributed by atoms with Gasteiger partial charge in [0.2, 0.25) is 0 Å². The molecule has 0 radical (unpaired) electrons. The first-order chi connectivity index (χ1) is 13.4. The van der Waals surface area contributed by atoms with Crippen LogP contribution < -0.4 is 21.3 Å². The number of nitrogens with two attached hydrogens (primary N) is 1. The second kappa shape index (κ2) is 6.39. The van der Waals surface area contributed by atoms with Gasteiger partial charge in [-0.3, -0.25) is 24.3 Å². The van der Waals surface area contributed by atoms with Gasteiger partial charge in [-0.25, -0.2) is 0 Å². The lowest BCUT2D eigenvalue weighted by Gasteiger charge is -2.14. The number of pyridine rings is 1. The number of anilines is 1. The molecule has 9 nitrogen and oxygen atoms in total. The highest BCUT2D eigenvalue weighted by atomic mass is 16.5. The van der Waals surface area contributed by atoms with Crippen LogP contribution in [0.1, 0.15) is 26.5 Å². The number of hydrogen-bond donors (Lipinski definition) is 3. The summed E-state index contributed by atoms with van der Waals surface area (Å²) < 4.78 is 12.1. The first-order valence-electron chi connectivity index (χ1n) is 8.24. The number of benzene rings is 1. The van der Waals surface area contributed by atoms with Crippen LogP contribution in [0.3, 0.4) is 0 Å². The van der Waals surface area contributed by atoms with Gasteiger partial charge in [-0.1, -0.05) is 0 Å². The van der Waals surface area contributed by atoms with Crippen molar-refractivity contribution in [3.63, 3.8) is 0 Å². The SMILES string of the molecule is COc1cc(-n2c(N)c3c(cc2=O)C(=O)NC3=O)ccc1-c1ccc(CO)o1. The van der Waals surface area contributed by atoms with E-state index in [4.69, 9.17) is 20.0 Å². The molecule has 0 spiro atoms. The van der Waals surface area contributed by atoms with Crippen LogP contribution in [0.15, 0.2) is 45.6 Å². The quantitative estimate of drug-likeness (QED) is 0.575. The molecule has 0 aliphatic carbocycles. The number of carbonyl (C=O) groups excluding carboxylic acids is 2. The van der Waals surface area contributed by atoms with Crippen LogP contribution in [0, 0.1) is 0 Å². The third kappa shape index (κ3) is 2.57. The zero-order chi connectivity index (χ0) is 20.0. The average Bonchev–Trinajstić information content (AvgIpc) is 3.26. The molecule has 0 atom stereocenters. The molecule has 1 aromatic carbocycles. The predicted molar refractivity (Wildman–Crippen MR) is 98.4 cm³/mol. The summed E-state index contributed by atoms with van der Waals surface area (Å²) >= 11 is 0. The molecule has 9 heteroatoms. The van der Waals surface area contributed by atoms with Gasteiger partial charge in [-0.05, 0) is 24.3 Å². The van der Waals surface area contributed by atoms with Crippen LogP contribution in [0.5, 0.6) is 5.75 Å². The molecule has 4 N–H and O–H groups in total. The number of imide groups is 1. The molecule has 0 saturated heterocycles. The topological polar surface area (TPSA) is 137 Å². The molecule has 0 bridgehead atoms. The van der Waals surface area contributed by atoms with Crippen molar-refractivity contribution in [1.82, 2.24) is 9.88 Å². The maximum atomic E-state index is 12.6. The number of nitrogen functional groups attached to an aromatic ring is 1. The number of nitrogens with zero attached hydrogens (tertiary/aromatic N) is 1. The summed E-state index contributed by atoms with van der Waals surface area (Å²) in [6.45, 7) is -0.234. The summed E-state index contributed by atoms with van der Waals surface area (Å²) in [5.74, 6) is -0.171. The van der Waals surface area contributed by atoms with Crippen LogP contribution >= 0.6 is 0 Å². The smallest absolute Gasteiger partial charge is 0.262 e. The number of nitrogens with one attached hydrogen (secondary N) is 1. The van der Waals surface area contributed by atoms with Gasteiger partial charge < -0.3 is 20.0 Å². The van der Waals surface area contributed by atoms with Crippen molar-refractivity contribution in [3.05, 3.63) is 63.6 Å². The molecule has 0 saturated carbocycles. The van der Waals surface area contributed by atoms with E-state index in [2.05, 4.69) is 5.32 Å². The van der Waals surface area contributed by atoms with Crippen molar-refractivity contribution in [2.24, 2.45) is 0 Å². The number of carbonyl (C=O) groups is 2. The standard InChI is InChI=1S/C19H15N3O6/c1-27-14-6-9(2-4-11(14)13-5-3-10(8-23)28-13)22-15(24)7-12-16(17(22)20)19(26)21-18(12)25/h2-7,23H,8,20H2,1H3,(H,21,25,26). The predicted octanol–water partition coefficient (Wildman–Crippen LogP) is 1.06. The molecule has 1 aliphatic rings. The zero-order valence-electron chi connectivity index (χ0n) is 14.7. The molecular weight excluding hydrogens is 366 g/mol. The Hall–Kier alpha value is -3.85. The van der Waals surface area contributed by atoms with Crippen LogP contribution in [0.25, 0.3) is 17.0 Å². The van der Waals surface area contributed by atoms with Crippen molar-refractivity contribution in [2.75, 3.05) is 12.8 Å². The van der Waals surface area contributed by atoms with E-state index in [1.807, 2.05) is 0 Å². The Balaban J connectivity index is 1.87. The number of aliphatic hydroxyl groups excluding tert-OH is 1. The zero-order valence-corrected chi connectivity index (χ0v) is 14.7. The molecule has 28 heavy (non-hydrogen) atoms. The van der Waals surface area contributed by atoms with E-state index in [1.54, 1.807) is 30.3 Å². The lowest BCUT2D eigenvalue weighted by molar-refractivity contribution is 0.0880. The van der Waals surface area contributed by atoms with Crippen LogP contribution in [-0.4, -0.2) is 28.6 Å². The van der Waals surface area contributed by atoms with E-state index in [9.17, 15) is 14.4 Å². The van der Waals surface area contributed by atoms with E-state index in [0.29, 0.717) is 28.5 Å². The monoisotopic (exact) mass is 381 g/mol. The Labute approximate surface area is 158 Å². The molecule has 0 unspecified atom stereocenters. The fourth-order valence-electron chi connectivity index (χ4n) is 3.18. The van der Waals surface area contributed by atoms with Crippen molar-refractivity contribution >= 4 is 17.6 Å². The van der Waals surface area contributed by atoms with Gasteiger partial charge in [0.25, 0.3) is 17.4 Å². The number of methoxy groups -OCH3 is 1. The minimum Gasteiger partial charge on any atom is -0.496 e. The number of ether oxygens (including phenoxy) is 1. The van der Waals surface area contributed by atoms with Gasteiger partial charge in [-0.15, -0.1) is 0 Å². The summed E-state index contributed by atoms with van der Waals surface area (Å²) in [7, 11) is 1.46. The van der Waals surface area contributed by atoms with Gasteiger partial charge >= 0.3 is 0 Å². The first-order valence-corrected chi connectivity index (χ1v) is 8.24. The molecule has 2 amide bonds. The summed E-state index contributed by atoms with van der Waals surface area (Å²) in [5, 5.41) is 11.3. The van der Waals surface area contributed by atoms with Crippen LogP contribution in [0.4, 0.5) is 5.82 Å². The summed E-state index contributed by atoms with van der Waals surface area (Å²) in [5.41, 5.74) is 6.37. The first kappa shape index (κ1) is 17.6. The molecule has 3 aromatic rings. The van der Waals surface area contributed by atoms with Gasteiger partial charge in [0.05, 0.1) is 29.5 Å². The number of furan rings is 1. The number of fused-ring (bicyclic) bond motifs is 1. The maximum Gasteiger partial charge on any atom is 0.262 e. The largest absolute Gasteiger partial charge is 0.496 e. The Morgan fingerprint density at radius 3 is 2.57 bits per heavy atom. The van der Waals surface area contributed by atoms with Gasteiger partial charge in [0.15, 0.2) is 0 Å². The van der Waals surface area contributed by atoms with Crippen molar-refractivity contribution in [2.45, 2.75) is 6.61 Å². The van der Waals surface area contributed by atoms with E-state index in [0.717, 1.165) is 10.6 Å². The number of aromatic nitrogens is 1. The molecule has 3 heterocycles. The van der Waals surface area contributed by atoms with Gasteiger partial charge in [0.1, 0.15) is 29.7 Å². The normalized spacial score (nSPS) is 12.8. The number of aliphatic hydroxyl groups is 1. The summed E-state index contributed by atoms with van der Waals surface area (Å²) in [6.07, 6.45) is 0. The fraction of sp³-hybridized carbons (Fsp3) is 0.105. The average molecular weight is 381 g/mol. The van der Waals surface area contributed by atoms with Crippen LogP contribution in [0.2, 0.25) is 0 Å². The highest BCUT2D eigenvalue weighted by Crippen LogP contribution is 2.34. The molecule has 142 valence electrons. The van der Waals surface area contributed by atoms with Crippen molar-refractivity contribution < 1.29 is 23.8 Å². The van der Waals surface area contributed by atoms with Gasteiger partial charge in [0, 0.05) is 12.1 Å². The van der Waals surface area contributed by atoms with Gasteiger partial charge in [-0.2, -0.15) is 0 Å². The molecule has 1 aliphatic heterocycles. The highest BCUT2D eigenvalue weighted by molar-refractivity contribution is 6.23. The Bertz CT molecular complexity index is 1190. The molecule has 0 fully saturated rings. The highest BCUT2D eigenvalue weighted by Gasteiger charge is 2.32. The van der Waals surface area contributed by atoms with E-state index in [1.165, 1.54) is 7.11 Å². The minimum atomic E-state index is -0.651. The summed E-state index contributed by atoms with van der Waals surface area (Å²) in [6, 6.07) is 9.24. The number of hydrogen-bond acceptors (Lipinski definition) is 7. The number of amides is 2. The summed E-state index contributed by atoms with van der Waals surface area (Å²) in [4.78, 5) is 36.3. The Morgan fingerprint density at radius 2 is 1.89 bits per heavy atom. The van der Waals surface area contributed by atoms with E-state index < -0.39 is 17.4 Å². The Kier molecular flexibility index (Phi) is 4.01.